The third-order valence-electron chi connectivity index (χ3n) is 3.91. The van der Waals surface area contributed by atoms with Crippen LogP contribution in [0.1, 0.15) is 6.42 Å². The molecule has 8 nitrogen and oxygen atoms in total. The number of benzene rings is 1. The summed E-state index contributed by atoms with van der Waals surface area (Å²) < 4.78 is 12.0. The van der Waals surface area contributed by atoms with Gasteiger partial charge in [-0.15, -0.1) is 0 Å². The number of pyridine rings is 1. The lowest BCUT2D eigenvalue weighted by Gasteiger charge is -2.09. The molecule has 0 saturated carbocycles. The lowest BCUT2D eigenvalue weighted by Crippen LogP contribution is -2.33. The molecule has 0 spiro atoms. The third kappa shape index (κ3) is 4.81. The van der Waals surface area contributed by atoms with Crippen LogP contribution in [0.25, 0.3) is 10.9 Å². The Balaban J connectivity index is 1.43. The molecule has 8 heteroatoms. The molecule has 0 fully saturated rings. The van der Waals surface area contributed by atoms with Crippen molar-refractivity contribution in [3.63, 3.8) is 0 Å². The normalized spacial score (nSPS) is 10.6. The molecule has 3 aromatic rings. The van der Waals surface area contributed by atoms with Crippen molar-refractivity contribution >= 4 is 16.8 Å². The maximum atomic E-state index is 12.3. The van der Waals surface area contributed by atoms with Gasteiger partial charge in [-0.25, -0.2) is 4.98 Å². The number of carbonyl (C=O) groups excluding carboxylic acids is 1. The smallest absolute Gasteiger partial charge is 0.261 e. The van der Waals surface area contributed by atoms with Crippen molar-refractivity contribution < 1.29 is 14.3 Å². The number of rotatable bonds is 8. The molecule has 0 saturated heterocycles. The number of hydrogen-bond acceptors (Lipinski definition) is 6. The van der Waals surface area contributed by atoms with Gasteiger partial charge in [-0.2, -0.15) is 0 Å². The highest BCUT2D eigenvalue weighted by molar-refractivity contribution is 5.78. The fraction of sp³-hybridized carbons (Fsp3) is 0.263. The number of aromatic nitrogens is 3. The summed E-state index contributed by atoms with van der Waals surface area (Å²) in [5.41, 5.74) is 0.246. The maximum Gasteiger partial charge on any atom is 0.261 e. The van der Waals surface area contributed by atoms with Gasteiger partial charge < -0.3 is 14.8 Å². The molecule has 0 unspecified atom stereocenters. The summed E-state index contributed by atoms with van der Waals surface area (Å²) in [7, 11) is 1.61. The van der Waals surface area contributed by atoms with E-state index in [-0.39, 0.29) is 18.0 Å². The zero-order valence-electron chi connectivity index (χ0n) is 14.9. The highest BCUT2D eigenvalue weighted by atomic mass is 16.5. The molecule has 0 atom stereocenters. The number of amides is 1. The van der Waals surface area contributed by atoms with Crippen LogP contribution in [0.4, 0.5) is 0 Å². The Kier molecular flexibility index (Phi) is 5.98. The van der Waals surface area contributed by atoms with Gasteiger partial charge in [0.25, 0.3) is 5.56 Å². The molecule has 0 aliphatic rings. The molecule has 1 N–H and O–H groups in total. The third-order valence-corrected chi connectivity index (χ3v) is 3.91. The zero-order valence-corrected chi connectivity index (χ0v) is 14.9. The Hall–Kier alpha value is -3.42. The summed E-state index contributed by atoms with van der Waals surface area (Å²) in [5.74, 6) is 1.26. The first-order valence-corrected chi connectivity index (χ1v) is 8.50. The van der Waals surface area contributed by atoms with Gasteiger partial charge >= 0.3 is 0 Å². The number of nitrogens with zero attached hydrogens (tertiary/aromatic N) is 3. The Bertz CT molecular complexity index is 969. The van der Waals surface area contributed by atoms with E-state index < -0.39 is 0 Å². The summed E-state index contributed by atoms with van der Waals surface area (Å²) in [4.78, 5) is 32.4. The molecule has 2 aromatic heterocycles. The zero-order chi connectivity index (χ0) is 19.1. The van der Waals surface area contributed by atoms with Gasteiger partial charge in [0.2, 0.25) is 5.91 Å². The van der Waals surface area contributed by atoms with Crippen LogP contribution in [0.15, 0.2) is 53.8 Å². The van der Waals surface area contributed by atoms with E-state index in [0.29, 0.717) is 30.5 Å². The average Bonchev–Trinajstić information content (AvgIpc) is 2.70. The van der Waals surface area contributed by atoms with Crippen molar-refractivity contribution in [2.75, 3.05) is 20.3 Å². The molecule has 1 amide bonds. The number of methoxy groups -OCH3 is 1. The molecule has 3 rings (SSSR count). The van der Waals surface area contributed by atoms with Gasteiger partial charge in [0.05, 0.1) is 37.1 Å². The quantitative estimate of drug-likeness (QED) is 0.604. The second-order valence-electron chi connectivity index (χ2n) is 5.80. The van der Waals surface area contributed by atoms with Crippen LogP contribution in [0.5, 0.6) is 11.5 Å². The second-order valence-corrected chi connectivity index (χ2v) is 5.80. The highest BCUT2D eigenvalue weighted by Gasteiger charge is 2.07. The largest absolute Gasteiger partial charge is 0.497 e. The predicted octanol–water partition coefficient (Wildman–Crippen LogP) is 1.39. The van der Waals surface area contributed by atoms with E-state index in [4.69, 9.17) is 9.47 Å². The first-order valence-electron chi connectivity index (χ1n) is 8.50. The van der Waals surface area contributed by atoms with E-state index >= 15 is 0 Å². The van der Waals surface area contributed by atoms with Crippen molar-refractivity contribution in [1.82, 2.24) is 19.9 Å². The Morgan fingerprint density at radius 3 is 2.74 bits per heavy atom. The molecule has 140 valence electrons. The van der Waals surface area contributed by atoms with E-state index in [9.17, 15) is 9.59 Å². The van der Waals surface area contributed by atoms with Gasteiger partial charge in [-0.05, 0) is 36.8 Å². The van der Waals surface area contributed by atoms with E-state index in [1.165, 1.54) is 23.3 Å². The minimum Gasteiger partial charge on any atom is -0.497 e. The lowest BCUT2D eigenvalue weighted by molar-refractivity contribution is -0.121. The van der Waals surface area contributed by atoms with E-state index in [1.54, 1.807) is 13.2 Å². The van der Waals surface area contributed by atoms with Crippen LogP contribution in [0.3, 0.4) is 0 Å². The summed E-state index contributed by atoms with van der Waals surface area (Å²) >= 11 is 0. The van der Waals surface area contributed by atoms with E-state index in [1.807, 2.05) is 24.3 Å². The minimum atomic E-state index is -0.264. The Morgan fingerprint density at radius 2 is 1.96 bits per heavy atom. The summed E-state index contributed by atoms with van der Waals surface area (Å²) in [6, 6.07) is 8.89. The van der Waals surface area contributed by atoms with E-state index in [2.05, 4.69) is 15.3 Å². The molecular weight excluding hydrogens is 348 g/mol. The van der Waals surface area contributed by atoms with Crippen molar-refractivity contribution in [1.29, 1.82) is 0 Å². The minimum absolute atomic E-state index is 0.0799. The van der Waals surface area contributed by atoms with Crippen LogP contribution < -0.4 is 20.3 Å². The van der Waals surface area contributed by atoms with Gasteiger partial charge in [0, 0.05) is 12.7 Å². The predicted molar refractivity (Wildman–Crippen MR) is 99.9 cm³/mol. The number of fused-ring (bicyclic) bond motifs is 1. The van der Waals surface area contributed by atoms with Crippen LogP contribution in [0.2, 0.25) is 0 Å². The van der Waals surface area contributed by atoms with Gasteiger partial charge in [-0.3, -0.25) is 19.1 Å². The van der Waals surface area contributed by atoms with Crippen molar-refractivity contribution in [2.24, 2.45) is 0 Å². The van der Waals surface area contributed by atoms with E-state index in [0.717, 1.165) is 11.5 Å². The Labute approximate surface area is 155 Å². The van der Waals surface area contributed by atoms with Crippen LogP contribution >= 0.6 is 0 Å². The first-order chi connectivity index (χ1) is 13.2. The lowest BCUT2D eigenvalue weighted by atomic mass is 10.3. The molecule has 2 heterocycles. The summed E-state index contributed by atoms with van der Waals surface area (Å²) in [6.07, 6.45) is 5.05. The molecule has 0 aliphatic carbocycles. The topological polar surface area (TPSA) is 95.3 Å². The number of hydrogen-bond donors (Lipinski definition) is 1. The second kappa shape index (κ2) is 8.79. The van der Waals surface area contributed by atoms with Crippen molar-refractivity contribution in [2.45, 2.75) is 13.0 Å². The van der Waals surface area contributed by atoms with Crippen molar-refractivity contribution in [3.8, 4) is 11.5 Å². The highest BCUT2D eigenvalue weighted by Crippen LogP contribution is 2.16. The van der Waals surface area contributed by atoms with Crippen LogP contribution in [-0.2, 0) is 11.3 Å². The standard InChI is InChI=1S/C19H20N4O4/c1-26-14-3-5-15(6-4-14)27-10-2-8-21-18(24)12-23-13-22-17-11-20-9-7-16(17)19(23)25/h3-7,9,11,13H,2,8,10,12H2,1H3,(H,21,24). The monoisotopic (exact) mass is 368 g/mol. The SMILES string of the molecule is COc1ccc(OCCCNC(=O)Cn2cnc3cnccc3c2=O)cc1. The van der Waals surface area contributed by atoms with Crippen LogP contribution in [0, 0.1) is 0 Å². The molecule has 27 heavy (non-hydrogen) atoms. The number of ether oxygens (including phenoxy) is 2. The Morgan fingerprint density at radius 1 is 1.19 bits per heavy atom. The number of nitrogens with one attached hydrogen (secondary N) is 1. The average molecular weight is 368 g/mol. The fourth-order valence-electron chi connectivity index (χ4n) is 2.49. The van der Waals surface area contributed by atoms with Gasteiger partial charge in [0.1, 0.15) is 18.0 Å². The maximum absolute atomic E-state index is 12.3. The van der Waals surface area contributed by atoms with Crippen LogP contribution in [-0.4, -0.2) is 40.7 Å². The molecule has 0 aliphatic heterocycles. The molecule has 1 aromatic carbocycles. The fourth-order valence-corrected chi connectivity index (χ4v) is 2.49. The first kappa shape index (κ1) is 18.4. The molecular formula is C19H20N4O4. The van der Waals surface area contributed by atoms with Gasteiger partial charge in [0.15, 0.2) is 0 Å². The number of carbonyl (C=O) groups is 1. The summed E-state index contributed by atoms with van der Waals surface area (Å²) in [5, 5.41) is 3.21. The van der Waals surface area contributed by atoms with Crippen molar-refractivity contribution in [3.05, 3.63) is 59.4 Å². The van der Waals surface area contributed by atoms with Gasteiger partial charge in [-0.1, -0.05) is 0 Å². The summed E-state index contributed by atoms with van der Waals surface area (Å²) in [6.45, 7) is 0.842. The molecule has 0 bridgehead atoms. The molecule has 0 radical (unpaired) electrons.